The SMILES string of the molecule is CC(C)C[C@H](OC(=O)c1ccc([N+](=O)[O-])cc1)C(=O)O. The van der Waals surface area contributed by atoms with E-state index >= 15 is 0 Å². The average Bonchev–Trinajstić information content (AvgIpc) is 2.37. The first-order valence-electron chi connectivity index (χ1n) is 5.99. The summed E-state index contributed by atoms with van der Waals surface area (Å²) in [6.45, 7) is 3.63. The van der Waals surface area contributed by atoms with Gasteiger partial charge in [0.25, 0.3) is 5.69 Å². The minimum Gasteiger partial charge on any atom is -0.479 e. The van der Waals surface area contributed by atoms with E-state index in [4.69, 9.17) is 9.84 Å². The van der Waals surface area contributed by atoms with Crippen molar-refractivity contribution >= 4 is 17.6 Å². The van der Waals surface area contributed by atoms with Crippen LogP contribution >= 0.6 is 0 Å². The van der Waals surface area contributed by atoms with Gasteiger partial charge in [-0.15, -0.1) is 0 Å². The number of nitro benzene ring substituents is 1. The fraction of sp³-hybridized carbons (Fsp3) is 0.385. The molecule has 0 aromatic heterocycles. The Morgan fingerprint density at radius 3 is 2.25 bits per heavy atom. The highest BCUT2D eigenvalue weighted by atomic mass is 16.6. The van der Waals surface area contributed by atoms with Crippen LogP contribution in [0.1, 0.15) is 30.6 Å². The lowest BCUT2D eigenvalue weighted by molar-refractivity contribution is -0.384. The molecule has 7 nitrogen and oxygen atoms in total. The van der Waals surface area contributed by atoms with Gasteiger partial charge in [0.05, 0.1) is 10.5 Å². The molecule has 1 rings (SSSR count). The lowest BCUT2D eigenvalue weighted by atomic mass is 10.1. The van der Waals surface area contributed by atoms with Gasteiger partial charge in [0.15, 0.2) is 6.10 Å². The molecule has 0 heterocycles. The molecule has 0 aliphatic heterocycles. The molecule has 1 atom stereocenters. The van der Waals surface area contributed by atoms with Crippen molar-refractivity contribution in [2.75, 3.05) is 0 Å². The van der Waals surface area contributed by atoms with Crippen molar-refractivity contribution in [1.82, 2.24) is 0 Å². The summed E-state index contributed by atoms with van der Waals surface area (Å²) < 4.78 is 4.90. The second-order valence-corrected chi connectivity index (χ2v) is 4.67. The number of carboxylic acids is 1. The Balaban J connectivity index is 2.78. The van der Waals surface area contributed by atoms with E-state index in [9.17, 15) is 19.7 Å². The van der Waals surface area contributed by atoms with Crippen molar-refractivity contribution in [2.45, 2.75) is 26.4 Å². The Bertz CT molecular complexity index is 508. The molecule has 0 amide bonds. The van der Waals surface area contributed by atoms with Gasteiger partial charge in [-0.25, -0.2) is 9.59 Å². The second kappa shape index (κ2) is 6.65. The molecule has 1 N–H and O–H groups in total. The minimum absolute atomic E-state index is 0.0563. The van der Waals surface area contributed by atoms with Crippen molar-refractivity contribution in [3.8, 4) is 0 Å². The number of carbonyl (C=O) groups excluding carboxylic acids is 1. The van der Waals surface area contributed by atoms with E-state index in [2.05, 4.69) is 0 Å². The van der Waals surface area contributed by atoms with Crippen molar-refractivity contribution in [1.29, 1.82) is 0 Å². The molecule has 1 aromatic rings. The predicted octanol–water partition coefficient (Wildman–Crippen LogP) is 2.25. The average molecular weight is 281 g/mol. The molecule has 0 spiro atoms. The van der Waals surface area contributed by atoms with Gasteiger partial charge in [-0.2, -0.15) is 0 Å². The monoisotopic (exact) mass is 281 g/mol. The fourth-order valence-electron chi connectivity index (χ4n) is 1.54. The third-order valence-corrected chi connectivity index (χ3v) is 2.52. The van der Waals surface area contributed by atoms with E-state index in [0.717, 1.165) is 12.1 Å². The van der Waals surface area contributed by atoms with Crippen LogP contribution in [0.5, 0.6) is 0 Å². The standard InChI is InChI=1S/C13H15NO6/c1-8(2)7-11(12(15)16)20-13(17)9-3-5-10(6-4-9)14(18)19/h3-6,8,11H,7H2,1-2H3,(H,15,16)/t11-/m0/s1. The lowest BCUT2D eigenvalue weighted by Gasteiger charge is -2.15. The van der Waals surface area contributed by atoms with Crippen LogP contribution in [0.2, 0.25) is 0 Å². The minimum atomic E-state index is -1.22. The fourth-order valence-corrected chi connectivity index (χ4v) is 1.54. The number of nitrogens with zero attached hydrogens (tertiary/aromatic N) is 1. The maximum absolute atomic E-state index is 11.8. The zero-order valence-corrected chi connectivity index (χ0v) is 11.1. The van der Waals surface area contributed by atoms with E-state index in [-0.39, 0.29) is 23.6 Å². The van der Waals surface area contributed by atoms with Gasteiger partial charge in [0, 0.05) is 12.1 Å². The topological polar surface area (TPSA) is 107 Å². The number of nitro groups is 1. The number of ether oxygens (including phenoxy) is 1. The first-order valence-corrected chi connectivity index (χ1v) is 5.99. The molecule has 0 bridgehead atoms. The summed E-state index contributed by atoms with van der Waals surface area (Å²) >= 11 is 0. The van der Waals surface area contributed by atoms with Crippen LogP contribution in [0.15, 0.2) is 24.3 Å². The second-order valence-electron chi connectivity index (χ2n) is 4.67. The number of non-ortho nitro benzene ring substituents is 1. The Morgan fingerprint density at radius 2 is 1.85 bits per heavy atom. The van der Waals surface area contributed by atoms with Gasteiger partial charge < -0.3 is 9.84 Å². The summed E-state index contributed by atoms with van der Waals surface area (Å²) in [5.41, 5.74) is -0.0795. The first kappa shape index (κ1) is 15.6. The van der Waals surface area contributed by atoms with Crippen LogP contribution < -0.4 is 0 Å². The van der Waals surface area contributed by atoms with E-state index in [1.54, 1.807) is 0 Å². The third-order valence-electron chi connectivity index (χ3n) is 2.52. The summed E-state index contributed by atoms with van der Waals surface area (Å²) in [6, 6.07) is 4.78. The van der Waals surface area contributed by atoms with Crippen LogP contribution in [0.4, 0.5) is 5.69 Å². The predicted molar refractivity (Wildman–Crippen MR) is 69.4 cm³/mol. The van der Waals surface area contributed by atoms with Crippen molar-refractivity contribution in [3.05, 3.63) is 39.9 Å². The summed E-state index contributed by atoms with van der Waals surface area (Å²) in [5, 5.41) is 19.5. The summed E-state index contributed by atoms with van der Waals surface area (Å²) in [6.07, 6.45) is -1.02. The van der Waals surface area contributed by atoms with Crippen LogP contribution in [0.3, 0.4) is 0 Å². The normalized spacial score (nSPS) is 11.9. The first-order chi connectivity index (χ1) is 9.31. The number of hydrogen-bond donors (Lipinski definition) is 1. The van der Waals surface area contributed by atoms with Crippen LogP contribution in [0.25, 0.3) is 0 Å². The van der Waals surface area contributed by atoms with Gasteiger partial charge in [-0.05, 0) is 24.5 Å². The molecule has 0 aliphatic carbocycles. The molecule has 1 aromatic carbocycles. The van der Waals surface area contributed by atoms with E-state index in [0.29, 0.717) is 0 Å². The molecule has 0 aliphatic rings. The Labute approximate surface area is 115 Å². The molecule has 108 valence electrons. The summed E-state index contributed by atoms with van der Waals surface area (Å²) in [5.74, 6) is -1.97. The Hall–Kier alpha value is -2.44. The van der Waals surface area contributed by atoms with E-state index in [1.165, 1.54) is 12.1 Å². The molecule has 0 unspecified atom stereocenters. The summed E-state index contributed by atoms with van der Waals surface area (Å²) in [7, 11) is 0. The van der Waals surface area contributed by atoms with Crippen molar-refractivity contribution < 1.29 is 24.4 Å². The molecule has 0 fully saturated rings. The van der Waals surface area contributed by atoms with Crippen LogP contribution in [-0.2, 0) is 9.53 Å². The van der Waals surface area contributed by atoms with Crippen molar-refractivity contribution in [3.63, 3.8) is 0 Å². The highest BCUT2D eigenvalue weighted by Gasteiger charge is 2.24. The third kappa shape index (κ3) is 4.34. The molecule has 0 radical (unpaired) electrons. The smallest absolute Gasteiger partial charge is 0.345 e. The zero-order chi connectivity index (χ0) is 15.3. The summed E-state index contributed by atoms with van der Waals surface area (Å²) in [4.78, 5) is 32.6. The molecule has 0 saturated carbocycles. The zero-order valence-electron chi connectivity index (χ0n) is 11.1. The lowest BCUT2D eigenvalue weighted by Crippen LogP contribution is -2.28. The molecular formula is C13H15NO6. The molecule has 20 heavy (non-hydrogen) atoms. The molecule has 7 heteroatoms. The number of rotatable bonds is 6. The van der Waals surface area contributed by atoms with Gasteiger partial charge in [-0.1, -0.05) is 13.8 Å². The number of carboxylic acid groups (broad SMARTS) is 1. The Morgan fingerprint density at radius 1 is 1.30 bits per heavy atom. The van der Waals surface area contributed by atoms with Gasteiger partial charge >= 0.3 is 11.9 Å². The Kier molecular flexibility index (Phi) is 5.19. The highest BCUT2D eigenvalue weighted by Crippen LogP contribution is 2.15. The quantitative estimate of drug-likeness (QED) is 0.487. The molecular weight excluding hydrogens is 266 g/mol. The maximum atomic E-state index is 11.8. The van der Waals surface area contributed by atoms with Crippen LogP contribution in [0, 0.1) is 16.0 Å². The van der Waals surface area contributed by atoms with Gasteiger partial charge in [0.2, 0.25) is 0 Å². The van der Waals surface area contributed by atoms with Gasteiger partial charge in [-0.3, -0.25) is 10.1 Å². The number of aliphatic carboxylic acids is 1. The number of benzene rings is 1. The van der Waals surface area contributed by atoms with Crippen LogP contribution in [-0.4, -0.2) is 28.1 Å². The number of hydrogen-bond acceptors (Lipinski definition) is 5. The van der Waals surface area contributed by atoms with E-state index in [1.807, 2.05) is 13.8 Å². The maximum Gasteiger partial charge on any atom is 0.345 e. The number of carbonyl (C=O) groups is 2. The van der Waals surface area contributed by atoms with Gasteiger partial charge in [0.1, 0.15) is 0 Å². The largest absolute Gasteiger partial charge is 0.479 e. The highest BCUT2D eigenvalue weighted by molar-refractivity contribution is 5.91. The van der Waals surface area contributed by atoms with E-state index < -0.39 is 23.0 Å². The number of esters is 1. The van der Waals surface area contributed by atoms with Crippen molar-refractivity contribution in [2.24, 2.45) is 5.92 Å². The molecule has 0 saturated heterocycles.